The van der Waals surface area contributed by atoms with Crippen LogP contribution in [0.4, 0.5) is 4.39 Å². The first-order valence-corrected chi connectivity index (χ1v) is 7.54. The number of hydrogen-bond donors (Lipinski definition) is 2. The molecule has 0 aromatic heterocycles. The number of halogens is 2. The first-order chi connectivity index (χ1) is 10.0. The predicted molar refractivity (Wildman–Crippen MR) is 80.8 cm³/mol. The Hall–Kier alpha value is -1.63. The van der Waals surface area contributed by atoms with Crippen molar-refractivity contribution in [2.45, 2.75) is 31.7 Å². The van der Waals surface area contributed by atoms with Gasteiger partial charge in [-0.15, -0.1) is 0 Å². The summed E-state index contributed by atoms with van der Waals surface area (Å²) >= 11 is 3.24. The summed E-state index contributed by atoms with van der Waals surface area (Å²) in [5, 5.41) is 11.6. The third kappa shape index (κ3) is 3.72. The smallest absolute Gasteiger partial charge is 0.257 e. The lowest BCUT2D eigenvalue weighted by Gasteiger charge is -2.28. The van der Waals surface area contributed by atoms with Crippen molar-refractivity contribution < 1.29 is 14.4 Å². The van der Waals surface area contributed by atoms with Gasteiger partial charge >= 0.3 is 0 Å². The highest BCUT2D eigenvalue weighted by atomic mass is 79.9. The summed E-state index contributed by atoms with van der Waals surface area (Å²) in [6.07, 6.45) is 3.73. The molecule has 1 amide bonds. The van der Waals surface area contributed by atoms with Crippen LogP contribution in [0, 0.1) is 5.82 Å². The van der Waals surface area contributed by atoms with Crippen LogP contribution in [0.3, 0.4) is 0 Å². The van der Waals surface area contributed by atoms with Gasteiger partial charge in [-0.2, -0.15) is 0 Å². The van der Waals surface area contributed by atoms with Crippen LogP contribution in [0.5, 0.6) is 0 Å². The molecule has 0 radical (unpaired) electrons. The van der Waals surface area contributed by atoms with Crippen LogP contribution >= 0.6 is 15.9 Å². The average molecular weight is 358 g/mol. The van der Waals surface area contributed by atoms with E-state index in [0.29, 0.717) is 4.47 Å². The molecule has 1 fully saturated rings. The lowest BCUT2D eigenvalue weighted by atomic mass is 10.1. The van der Waals surface area contributed by atoms with Crippen LogP contribution in [0.15, 0.2) is 27.8 Å². The minimum Gasteiger partial charge on any atom is -0.409 e. The molecule has 21 heavy (non-hydrogen) atoms. The fraction of sp³-hybridized carbons (Fsp3) is 0.429. The van der Waals surface area contributed by atoms with Crippen molar-refractivity contribution in [3.8, 4) is 0 Å². The van der Waals surface area contributed by atoms with E-state index < -0.39 is 11.7 Å². The number of hydrogen-bond acceptors (Lipinski definition) is 3. The third-order valence-corrected chi connectivity index (χ3v) is 4.14. The van der Waals surface area contributed by atoms with Gasteiger partial charge in [-0.1, -0.05) is 33.9 Å². The summed E-state index contributed by atoms with van der Waals surface area (Å²) in [6, 6.07) is 4.23. The normalized spacial score (nSPS) is 16.2. The number of nitrogens with two attached hydrogens (primary N) is 1. The molecule has 1 aromatic carbocycles. The van der Waals surface area contributed by atoms with Crippen molar-refractivity contribution in [1.29, 1.82) is 0 Å². The standard InChI is InChI=1S/C14H17BrFN3O2/c15-9-5-6-12(16)11(7-9)14(20)19(8-13(17)18-21)10-3-1-2-4-10/h5-7,10,21H,1-4,8H2,(H2,17,18). The van der Waals surface area contributed by atoms with Gasteiger partial charge in [-0.05, 0) is 31.0 Å². The Morgan fingerprint density at radius 3 is 2.76 bits per heavy atom. The lowest BCUT2D eigenvalue weighted by Crippen LogP contribution is -2.44. The van der Waals surface area contributed by atoms with Crippen molar-refractivity contribution in [2.24, 2.45) is 10.9 Å². The first kappa shape index (κ1) is 15.8. The van der Waals surface area contributed by atoms with Gasteiger partial charge in [0.2, 0.25) is 0 Å². The summed E-state index contributed by atoms with van der Waals surface area (Å²) in [6.45, 7) is -0.00798. The topological polar surface area (TPSA) is 78.9 Å². The molecule has 2 rings (SSSR count). The van der Waals surface area contributed by atoms with E-state index in [1.165, 1.54) is 23.1 Å². The fourth-order valence-electron chi connectivity index (χ4n) is 2.60. The molecule has 1 aliphatic rings. The molecule has 114 valence electrons. The fourth-order valence-corrected chi connectivity index (χ4v) is 2.97. The average Bonchev–Trinajstić information content (AvgIpc) is 3.00. The number of carbonyl (C=O) groups is 1. The third-order valence-electron chi connectivity index (χ3n) is 3.65. The second kappa shape index (κ2) is 6.89. The number of amides is 1. The molecule has 0 unspecified atom stereocenters. The molecule has 1 saturated carbocycles. The predicted octanol–water partition coefficient (Wildman–Crippen LogP) is 2.72. The zero-order valence-electron chi connectivity index (χ0n) is 11.4. The van der Waals surface area contributed by atoms with Gasteiger partial charge < -0.3 is 15.8 Å². The van der Waals surface area contributed by atoms with E-state index in [1.54, 1.807) is 0 Å². The van der Waals surface area contributed by atoms with Gasteiger partial charge in [0.05, 0.1) is 12.1 Å². The number of amidine groups is 1. The Morgan fingerprint density at radius 1 is 1.48 bits per heavy atom. The minimum atomic E-state index is -0.578. The maximum Gasteiger partial charge on any atom is 0.257 e. The second-order valence-corrected chi connectivity index (χ2v) is 6.00. The van der Waals surface area contributed by atoms with Crippen molar-refractivity contribution >= 4 is 27.7 Å². The highest BCUT2D eigenvalue weighted by Crippen LogP contribution is 2.26. The van der Waals surface area contributed by atoms with Gasteiger partial charge in [0.25, 0.3) is 5.91 Å². The molecule has 0 atom stereocenters. The Morgan fingerprint density at radius 2 is 2.14 bits per heavy atom. The molecule has 1 aromatic rings. The number of rotatable bonds is 4. The summed E-state index contributed by atoms with van der Waals surface area (Å²) in [5.74, 6) is -1.08. The van der Waals surface area contributed by atoms with Crippen LogP contribution in [-0.2, 0) is 0 Å². The van der Waals surface area contributed by atoms with Crippen molar-refractivity contribution in [1.82, 2.24) is 4.90 Å². The highest BCUT2D eigenvalue weighted by Gasteiger charge is 2.29. The van der Waals surface area contributed by atoms with Crippen molar-refractivity contribution in [2.75, 3.05) is 6.54 Å². The molecular weight excluding hydrogens is 341 g/mol. The minimum absolute atomic E-state index is 0.00354. The summed E-state index contributed by atoms with van der Waals surface area (Å²) in [7, 11) is 0. The molecule has 7 heteroatoms. The summed E-state index contributed by atoms with van der Waals surface area (Å²) < 4.78 is 14.5. The molecule has 0 aliphatic heterocycles. The van der Waals surface area contributed by atoms with E-state index >= 15 is 0 Å². The van der Waals surface area contributed by atoms with Crippen LogP contribution in [-0.4, -0.2) is 34.4 Å². The SMILES string of the molecule is NC(CN(C(=O)c1cc(Br)ccc1F)C1CCCC1)=NO. The van der Waals surface area contributed by atoms with Crippen molar-refractivity contribution in [3.05, 3.63) is 34.1 Å². The van der Waals surface area contributed by atoms with Crippen LogP contribution in [0.2, 0.25) is 0 Å². The Labute approximate surface area is 130 Å². The maximum absolute atomic E-state index is 13.9. The Kier molecular flexibility index (Phi) is 5.17. The Bertz CT molecular complexity index is 559. The molecule has 0 saturated heterocycles. The molecule has 0 bridgehead atoms. The molecule has 1 aliphatic carbocycles. The molecule has 3 N–H and O–H groups in total. The summed E-state index contributed by atoms with van der Waals surface area (Å²) in [4.78, 5) is 14.1. The number of nitrogens with zero attached hydrogens (tertiary/aromatic N) is 2. The van der Waals surface area contributed by atoms with Gasteiger partial charge in [-0.25, -0.2) is 4.39 Å². The van der Waals surface area contributed by atoms with E-state index in [9.17, 15) is 9.18 Å². The zero-order valence-corrected chi connectivity index (χ0v) is 13.0. The van der Waals surface area contributed by atoms with Crippen LogP contribution in [0.1, 0.15) is 36.0 Å². The summed E-state index contributed by atoms with van der Waals surface area (Å²) in [5.41, 5.74) is 5.52. The van der Waals surface area contributed by atoms with E-state index in [1.807, 2.05) is 0 Å². The monoisotopic (exact) mass is 357 g/mol. The Balaban J connectivity index is 2.30. The first-order valence-electron chi connectivity index (χ1n) is 6.75. The van der Waals surface area contributed by atoms with Gasteiger partial charge in [0, 0.05) is 10.5 Å². The highest BCUT2D eigenvalue weighted by molar-refractivity contribution is 9.10. The van der Waals surface area contributed by atoms with E-state index in [0.717, 1.165) is 25.7 Å². The largest absolute Gasteiger partial charge is 0.409 e. The van der Waals surface area contributed by atoms with E-state index in [2.05, 4.69) is 21.1 Å². The molecular formula is C14H17BrFN3O2. The van der Waals surface area contributed by atoms with Crippen LogP contribution in [0.25, 0.3) is 0 Å². The lowest BCUT2D eigenvalue weighted by molar-refractivity contribution is 0.0707. The van der Waals surface area contributed by atoms with Crippen LogP contribution < -0.4 is 5.73 Å². The van der Waals surface area contributed by atoms with Gasteiger partial charge in [0.1, 0.15) is 5.82 Å². The van der Waals surface area contributed by atoms with Crippen molar-refractivity contribution in [3.63, 3.8) is 0 Å². The van der Waals surface area contributed by atoms with E-state index in [4.69, 9.17) is 10.9 Å². The molecule has 0 spiro atoms. The number of carbonyl (C=O) groups excluding carboxylic acids is 1. The molecule has 5 nitrogen and oxygen atoms in total. The second-order valence-electron chi connectivity index (χ2n) is 5.09. The quantitative estimate of drug-likeness (QED) is 0.376. The number of oxime groups is 1. The molecule has 0 heterocycles. The number of benzene rings is 1. The van der Waals surface area contributed by atoms with E-state index in [-0.39, 0.29) is 24.0 Å². The maximum atomic E-state index is 13.9. The zero-order chi connectivity index (χ0) is 15.4. The van der Waals surface area contributed by atoms with Gasteiger partial charge in [-0.3, -0.25) is 4.79 Å². The van der Waals surface area contributed by atoms with Gasteiger partial charge in [0.15, 0.2) is 5.84 Å².